The van der Waals surface area contributed by atoms with Crippen LogP contribution in [0.1, 0.15) is 12.5 Å². The molecule has 0 fully saturated rings. The molecule has 1 aromatic carbocycles. The van der Waals surface area contributed by atoms with Crippen LogP contribution >= 0.6 is 27.5 Å². The van der Waals surface area contributed by atoms with E-state index in [9.17, 15) is 0 Å². The molecule has 0 aliphatic rings. The number of methoxy groups -OCH3 is 1. The molecule has 0 heterocycles. The van der Waals surface area contributed by atoms with E-state index >= 15 is 0 Å². The van der Waals surface area contributed by atoms with Crippen molar-refractivity contribution >= 4 is 27.5 Å². The van der Waals surface area contributed by atoms with Crippen molar-refractivity contribution in [1.82, 2.24) is 0 Å². The molecule has 0 aromatic heterocycles. The summed E-state index contributed by atoms with van der Waals surface area (Å²) in [5, 5.41) is 1.28. The highest BCUT2D eigenvalue weighted by molar-refractivity contribution is 9.08. The second-order valence-electron chi connectivity index (χ2n) is 3.29. The molecule has 0 aliphatic heterocycles. The van der Waals surface area contributed by atoms with Gasteiger partial charge in [0, 0.05) is 11.9 Å². The first-order valence-electron chi connectivity index (χ1n) is 5.35. The zero-order valence-electron chi connectivity index (χ0n) is 9.96. The molecule has 3 nitrogen and oxygen atoms in total. The lowest BCUT2D eigenvalue weighted by Crippen LogP contribution is -2.07. The van der Waals surface area contributed by atoms with Crippen LogP contribution in [-0.2, 0) is 10.1 Å². The zero-order chi connectivity index (χ0) is 12.7. The molecule has 0 bridgehead atoms. The number of halogens is 2. The second-order valence-corrected chi connectivity index (χ2v) is 4.26. The Hall–Kier alpha value is -0.450. The summed E-state index contributed by atoms with van der Waals surface area (Å²) in [5.74, 6) is 1.21. The third-order valence-corrected chi connectivity index (χ3v) is 3.05. The highest BCUT2D eigenvalue weighted by Crippen LogP contribution is 2.36. The normalized spacial score (nSPS) is 10.4. The smallest absolute Gasteiger partial charge is 0.179 e. The molecule has 0 amide bonds. The van der Waals surface area contributed by atoms with Crippen LogP contribution in [0.15, 0.2) is 12.1 Å². The number of alkyl halides is 1. The van der Waals surface area contributed by atoms with Crippen LogP contribution in [0.2, 0.25) is 5.02 Å². The molecule has 1 aromatic rings. The minimum Gasteiger partial charge on any atom is -0.493 e. The Kier molecular flexibility index (Phi) is 6.70. The Balaban J connectivity index is 2.75. The Morgan fingerprint density at radius 2 is 2.06 bits per heavy atom. The standard InChI is InChI=1S/C12H16BrClO3/c1-3-16-4-5-17-12-10(14)6-9(8-13)7-11(12)15-2/h6-7H,3-5,8H2,1-2H3. The first-order valence-corrected chi connectivity index (χ1v) is 6.85. The first-order chi connectivity index (χ1) is 8.22. The van der Waals surface area contributed by atoms with E-state index in [1.165, 1.54) is 0 Å². The van der Waals surface area contributed by atoms with Crippen molar-refractivity contribution in [1.29, 1.82) is 0 Å². The average Bonchev–Trinajstić information content (AvgIpc) is 2.35. The van der Waals surface area contributed by atoms with Gasteiger partial charge in [0.05, 0.1) is 18.7 Å². The van der Waals surface area contributed by atoms with E-state index in [1.807, 2.05) is 19.1 Å². The van der Waals surface area contributed by atoms with E-state index in [-0.39, 0.29) is 0 Å². The first kappa shape index (κ1) is 14.6. The van der Waals surface area contributed by atoms with Crippen LogP contribution in [0.3, 0.4) is 0 Å². The summed E-state index contributed by atoms with van der Waals surface area (Å²) >= 11 is 9.52. The van der Waals surface area contributed by atoms with Gasteiger partial charge in [-0.25, -0.2) is 0 Å². The molecule has 0 saturated heterocycles. The fourth-order valence-electron chi connectivity index (χ4n) is 1.34. The van der Waals surface area contributed by atoms with Gasteiger partial charge in [0.25, 0.3) is 0 Å². The maximum Gasteiger partial charge on any atom is 0.179 e. The predicted molar refractivity (Wildman–Crippen MR) is 72.6 cm³/mol. The van der Waals surface area contributed by atoms with Crippen LogP contribution in [0.4, 0.5) is 0 Å². The van der Waals surface area contributed by atoms with Gasteiger partial charge in [-0.3, -0.25) is 0 Å². The summed E-state index contributed by atoms with van der Waals surface area (Å²) < 4.78 is 16.0. The molecule has 1 rings (SSSR count). The number of benzene rings is 1. The minimum absolute atomic E-state index is 0.456. The van der Waals surface area contributed by atoms with Gasteiger partial charge >= 0.3 is 0 Å². The van der Waals surface area contributed by atoms with Gasteiger partial charge < -0.3 is 14.2 Å². The summed E-state index contributed by atoms with van der Waals surface area (Å²) in [7, 11) is 1.60. The van der Waals surface area contributed by atoms with Gasteiger partial charge in [0.1, 0.15) is 6.61 Å². The summed E-state index contributed by atoms with van der Waals surface area (Å²) in [6, 6.07) is 3.76. The molecule has 0 N–H and O–H groups in total. The Bertz CT molecular complexity index is 358. The minimum atomic E-state index is 0.456. The van der Waals surface area contributed by atoms with Gasteiger partial charge in [0.15, 0.2) is 11.5 Å². The molecular formula is C12H16BrClO3. The van der Waals surface area contributed by atoms with Crippen molar-refractivity contribution in [3.8, 4) is 11.5 Å². The fraction of sp³-hybridized carbons (Fsp3) is 0.500. The summed E-state index contributed by atoms with van der Waals surface area (Å²) in [6.45, 7) is 3.61. The number of hydrogen-bond donors (Lipinski definition) is 0. The number of rotatable bonds is 7. The predicted octanol–water partition coefficient (Wildman–Crippen LogP) is 3.66. The maximum absolute atomic E-state index is 6.14. The molecule has 0 saturated carbocycles. The lowest BCUT2D eigenvalue weighted by molar-refractivity contribution is 0.109. The highest BCUT2D eigenvalue weighted by atomic mass is 79.9. The van der Waals surface area contributed by atoms with Crippen LogP contribution < -0.4 is 9.47 Å². The Morgan fingerprint density at radius 3 is 2.65 bits per heavy atom. The van der Waals surface area contributed by atoms with Gasteiger partial charge in [0.2, 0.25) is 0 Å². The zero-order valence-corrected chi connectivity index (χ0v) is 12.3. The van der Waals surface area contributed by atoms with Crippen molar-refractivity contribution < 1.29 is 14.2 Å². The van der Waals surface area contributed by atoms with Gasteiger partial charge in [-0.15, -0.1) is 0 Å². The largest absolute Gasteiger partial charge is 0.493 e. The second kappa shape index (κ2) is 7.80. The van der Waals surface area contributed by atoms with Crippen LogP contribution in [0.5, 0.6) is 11.5 Å². The van der Waals surface area contributed by atoms with E-state index in [0.29, 0.717) is 36.3 Å². The SMILES string of the molecule is CCOCCOc1c(Cl)cc(CBr)cc1OC. The van der Waals surface area contributed by atoms with Crippen LogP contribution in [0, 0.1) is 0 Å². The van der Waals surface area contributed by atoms with Crippen molar-refractivity contribution in [2.75, 3.05) is 26.9 Å². The highest BCUT2D eigenvalue weighted by Gasteiger charge is 2.11. The van der Waals surface area contributed by atoms with Gasteiger partial charge in [-0.1, -0.05) is 27.5 Å². The Labute approximate surface area is 115 Å². The quantitative estimate of drug-likeness (QED) is 0.566. The molecule has 5 heteroatoms. The van der Waals surface area contributed by atoms with E-state index in [1.54, 1.807) is 7.11 Å². The maximum atomic E-state index is 6.14. The third kappa shape index (κ3) is 4.37. The van der Waals surface area contributed by atoms with Crippen molar-refractivity contribution in [3.05, 3.63) is 22.7 Å². The van der Waals surface area contributed by atoms with Crippen molar-refractivity contribution in [3.63, 3.8) is 0 Å². The lowest BCUT2D eigenvalue weighted by Gasteiger charge is -2.13. The van der Waals surface area contributed by atoms with Crippen molar-refractivity contribution in [2.24, 2.45) is 0 Å². The molecular weight excluding hydrogens is 307 g/mol. The topological polar surface area (TPSA) is 27.7 Å². The number of hydrogen-bond acceptors (Lipinski definition) is 3. The monoisotopic (exact) mass is 322 g/mol. The molecule has 96 valence electrons. The molecule has 17 heavy (non-hydrogen) atoms. The van der Waals surface area contributed by atoms with Crippen LogP contribution in [0.25, 0.3) is 0 Å². The summed E-state index contributed by atoms with van der Waals surface area (Å²) in [6.07, 6.45) is 0. The van der Waals surface area contributed by atoms with E-state index in [4.69, 9.17) is 25.8 Å². The average molecular weight is 324 g/mol. The van der Waals surface area contributed by atoms with Gasteiger partial charge in [-0.2, -0.15) is 0 Å². The summed E-state index contributed by atoms with van der Waals surface area (Å²) in [4.78, 5) is 0. The fourth-order valence-corrected chi connectivity index (χ4v) is 1.95. The molecule has 0 atom stereocenters. The van der Waals surface area contributed by atoms with E-state index in [2.05, 4.69) is 15.9 Å². The lowest BCUT2D eigenvalue weighted by atomic mass is 10.2. The molecule has 0 aliphatic carbocycles. The third-order valence-electron chi connectivity index (χ3n) is 2.12. The van der Waals surface area contributed by atoms with Gasteiger partial charge in [-0.05, 0) is 24.6 Å². The Morgan fingerprint density at radius 1 is 1.29 bits per heavy atom. The van der Waals surface area contributed by atoms with Crippen LogP contribution in [-0.4, -0.2) is 26.9 Å². The molecule has 0 unspecified atom stereocenters. The number of ether oxygens (including phenoxy) is 3. The van der Waals surface area contributed by atoms with E-state index in [0.717, 1.165) is 10.9 Å². The van der Waals surface area contributed by atoms with Crippen molar-refractivity contribution in [2.45, 2.75) is 12.3 Å². The molecule has 0 spiro atoms. The molecule has 0 radical (unpaired) electrons. The van der Waals surface area contributed by atoms with E-state index < -0.39 is 0 Å². The summed E-state index contributed by atoms with van der Waals surface area (Å²) in [5.41, 5.74) is 1.05.